The lowest BCUT2D eigenvalue weighted by atomic mass is 9.88. The van der Waals surface area contributed by atoms with Gasteiger partial charge in [0.1, 0.15) is 10.9 Å². The molecule has 19 heavy (non-hydrogen) atoms. The number of pyridine rings is 1. The summed E-state index contributed by atoms with van der Waals surface area (Å²) in [4.78, 5) is 4.30. The van der Waals surface area contributed by atoms with Crippen molar-refractivity contribution in [2.45, 2.75) is 33.1 Å². The summed E-state index contributed by atoms with van der Waals surface area (Å²) in [5, 5.41) is 10.4. The van der Waals surface area contributed by atoms with Crippen LogP contribution in [0.25, 0.3) is 0 Å². The molecule has 1 unspecified atom stereocenters. The van der Waals surface area contributed by atoms with Crippen LogP contribution in [0.3, 0.4) is 0 Å². The van der Waals surface area contributed by atoms with Crippen molar-refractivity contribution >= 4 is 11.6 Å². The minimum absolute atomic E-state index is 0.0688. The Kier molecular flexibility index (Phi) is 4.11. The van der Waals surface area contributed by atoms with Crippen molar-refractivity contribution in [1.29, 1.82) is 0 Å². The van der Waals surface area contributed by atoms with Gasteiger partial charge in [0.25, 0.3) is 0 Å². The van der Waals surface area contributed by atoms with Crippen LogP contribution in [0.4, 0.5) is 0 Å². The highest BCUT2D eigenvalue weighted by molar-refractivity contribution is 6.29. The summed E-state index contributed by atoms with van der Waals surface area (Å²) in [6.07, 6.45) is 0.866. The number of benzene rings is 1. The molecule has 2 aromatic rings. The first-order chi connectivity index (χ1) is 9.02. The summed E-state index contributed by atoms with van der Waals surface area (Å²) < 4.78 is 0. The van der Waals surface area contributed by atoms with Gasteiger partial charge in [0.05, 0.1) is 5.69 Å². The van der Waals surface area contributed by atoms with E-state index < -0.39 is 0 Å². The van der Waals surface area contributed by atoms with Gasteiger partial charge < -0.3 is 5.11 Å². The van der Waals surface area contributed by atoms with E-state index in [1.165, 1.54) is 16.7 Å². The van der Waals surface area contributed by atoms with Crippen molar-refractivity contribution in [2.24, 2.45) is 0 Å². The van der Waals surface area contributed by atoms with Crippen LogP contribution in [0.5, 0.6) is 5.75 Å². The number of aromatic nitrogens is 1. The molecule has 0 aliphatic heterocycles. The minimum Gasteiger partial charge on any atom is -0.506 e. The lowest BCUT2D eigenvalue weighted by Crippen LogP contribution is -2.05. The van der Waals surface area contributed by atoms with Gasteiger partial charge in [-0.15, -0.1) is 0 Å². The number of hydrogen-bond donors (Lipinski definition) is 1. The van der Waals surface area contributed by atoms with Gasteiger partial charge in [-0.25, -0.2) is 4.98 Å². The summed E-state index contributed by atoms with van der Waals surface area (Å²) in [5.41, 5.74) is 4.30. The van der Waals surface area contributed by atoms with Crippen LogP contribution in [0, 0.1) is 13.8 Å². The predicted octanol–water partition coefficient (Wildman–Crippen LogP) is 4.60. The van der Waals surface area contributed by atoms with Gasteiger partial charge in [0.2, 0.25) is 0 Å². The fraction of sp³-hybridized carbons (Fsp3) is 0.312. The third-order valence-electron chi connectivity index (χ3n) is 3.41. The monoisotopic (exact) mass is 275 g/mol. The molecule has 0 radical (unpaired) electrons. The maximum absolute atomic E-state index is 10.0. The maximum atomic E-state index is 10.0. The Morgan fingerprint density at radius 2 is 1.95 bits per heavy atom. The molecule has 2 rings (SSSR count). The van der Waals surface area contributed by atoms with Crippen molar-refractivity contribution in [2.75, 3.05) is 0 Å². The van der Waals surface area contributed by atoms with E-state index in [1.807, 2.05) is 0 Å². The van der Waals surface area contributed by atoms with Crippen molar-refractivity contribution in [3.05, 3.63) is 57.9 Å². The molecule has 0 aliphatic rings. The molecule has 2 nitrogen and oxygen atoms in total. The number of aromatic hydroxyl groups is 1. The van der Waals surface area contributed by atoms with E-state index in [4.69, 9.17) is 11.6 Å². The number of rotatable bonds is 3. The number of nitrogens with zero attached hydrogens (tertiary/aromatic N) is 1. The highest BCUT2D eigenvalue weighted by Gasteiger charge is 2.19. The minimum atomic E-state index is 0.0688. The Morgan fingerprint density at radius 3 is 2.58 bits per heavy atom. The fourth-order valence-corrected chi connectivity index (χ4v) is 2.63. The molecule has 1 N–H and O–H groups in total. The van der Waals surface area contributed by atoms with Gasteiger partial charge in [-0.3, -0.25) is 0 Å². The molecule has 0 saturated heterocycles. The Bertz CT molecular complexity index is 595. The lowest BCUT2D eigenvalue weighted by Gasteiger charge is -2.19. The molecule has 1 atom stereocenters. The van der Waals surface area contributed by atoms with Crippen LogP contribution in [-0.4, -0.2) is 10.1 Å². The zero-order valence-corrected chi connectivity index (χ0v) is 12.2. The van der Waals surface area contributed by atoms with Gasteiger partial charge in [-0.1, -0.05) is 42.3 Å². The van der Waals surface area contributed by atoms with E-state index in [1.54, 1.807) is 12.1 Å². The van der Waals surface area contributed by atoms with Crippen LogP contribution in [0.2, 0.25) is 5.15 Å². The van der Waals surface area contributed by atoms with Crippen molar-refractivity contribution < 1.29 is 5.11 Å². The largest absolute Gasteiger partial charge is 0.506 e. The highest BCUT2D eigenvalue weighted by atomic mass is 35.5. The average molecular weight is 276 g/mol. The van der Waals surface area contributed by atoms with Crippen LogP contribution in [0.15, 0.2) is 30.3 Å². The number of hydrogen-bond acceptors (Lipinski definition) is 2. The van der Waals surface area contributed by atoms with Gasteiger partial charge >= 0.3 is 0 Å². The second-order valence-electron chi connectivity index (χ2n) is 4.86. The van der Waals surface area contributed by atoms with E-state index >= 15 is 0 Å². The van der Waals surface area contributed by atoms with E-state index in [2.05, 4.69) is 44.0 Å². The third kappa shape index (κ3) is 2.90. The fourth-order valence-electron chi connectivity index (χ4n) is 2.48. The van der Waals surface area contributed by atoms with E-state index in [9.17, 15) is 5.11 Å². The number of aryl methyl sites for hydroxylation is 2. The average Bonchev–Trinajstić information content (AvgIpc) is 2.36. The van der Waals surface area contributed by atoms with Crippen LogP contribution < -0.4 is 0 Å². The summed E-state index contributed by atoms with van der Waals surface area (Å²) in [6, 6.07) is 9.57. The van der Waals surface area contributed by atoms with E-state index in [-0.39, 0.29) is 11.7 Å². The molecule has 1 aromatic carbocycles. The molecule has 0 amide bonds. The summed E-state index contributed by atoms with van der Waals surface area (Å²) in [5.74, 6) is 0.274. The van der Waals surface area contributed by atoms with Crippen molar-refractivity contribution in [3.63, 3.8) is 0 Å². The SMILES string of the molecule is CCC(c1ccc(C)cc1C)c1nc(Cl)ccc1O. The Balaban J connectivity index is 2.52. The van der Waals surface area contributed by atoms with Crippen molar-refractivity contribution in [3.8, 4) is 5.75 Å². The summed E-state index contributed by atoms with van der Waals surface area (Å²) >= 11 is 5.95. The molecule has 0 spiro atoms. The Hall–Kier alpha value is -1.54. The molecule has 0 saturated carbocycles. The lowest BCUT2D eigenvalue weighted by molar-refractivity contribution is 0.458. The Morgan fingerprint density at radius 1 is 1.21 bits per heavy atom. The molecule has 1 aromatic heterocycles. The first-order valence-electron chi connectivity index (χ1n) is 6.45. The Labute approximate surface area is 119 Å². The maximum Gasteiger partial charge on any atom is 0.137 e. The summed E-state index contributed by atoms with van der Waals surface area (Å²) in [6.45, 7) is 6.26. The normalized spacial score (nSPS) is 12.4. The topological polar surface area (TPSA) is 33.1 Å². The number of halogens is 1. The molecular formula is C16H18ClNO. The molecule has 3 heteroatoms. The molecule has 0 aliphatic carbocycles. The molecule has 0 fully saturated rings. The zero-order valence-electron chi connectivity index (χ0n) is 11.4. The smallest absolute Gasteiger partial charge is 0.137 e. The highest BCUT2D eigenvalue weighted by Crippen LogP contribution is 2.34. The van der Waals surface area contributed by atoms with E-state index in [0.717, 1.165) is 6.42 Å². The standard InChI is InChI=1S/C16H18ClNO/c1-4-12(13-6-5-10(2)9-11(13)3)16-14(19)7-8-15(17)18-16/h5-9,12,19H,4H2,1-3H3. The molecule has 0 bridgehead atoms. The van der Waals surface area contributed by atoms with Crippen molar-refractivity contribution in [1.82, 2.24) is 4.98 Å². The first-order valence-corrected chi connectivity index (χ1v) is 6.83. The first kappa shape index (κ1) is 13.9. The zero-order chi connectivity index (χ0) is 14.0. The third-order valence-corrected chi connectivity index (χ3v) is 3.62. The quantitative estimate of drug-likeness (QED) is 0.831. The molecule has 100 valence electrons. The molecule has 1 heterocycles. The van der Waals surface area contributed by atoms with E-state index in [0.29, 0.717) is 10.8 Å². The van der Waals surface area contributed by atoms with Gasteiger partial charge in [0.15, 0.2) is 0 Å². The van der Waals surface area contributed by atoms with Crippen LogP contribution in [-0.2, 0) is 0 Å². The predicted molar refractivity (Wildman–Crippen MR) is 79.0 cm³/mol. The second-order valence-corrected chi connectivity index (χ2v) is 5.25. The van der Waals surface area contributed by atoms with Gasteiger partial charge in [0, 0.05) is 5.92 Å². The second kappa shape index (κ2) is 5.62. The van der Waals surface area contributed by atoms with Crippen LogP contribution in [0.1, 0.15) is 41.6 Å². The van der Waals surface area contributed by atoms with Crippen LogP contribution >= 0.6 is 11.6 Å². The van der Waals surface area contributed by atoms with Gasteiger partial charge in [-0.2, -0.15) is 0 Å². The molecular weight excluding hydrogens is 258 g/mol. The van der Waals surface area contributed by atoms with Gasteiger partial charge in [-0.05, 0) is 43.5 Å². The summed E-state index contributed by atoms with van der Waals surface area (Å²) in [7, 11) is 0.